The normalized spacial score (nSPS) is 11.8. The van der Waals surface area contributed by atoms with Crippen LogP contribution in [0.15, 0.2) is 176 Å². The maximum atomic E-state index is 5.39. The lowest BCUT2D eigenvalue weighted by molar-refractivity contribution is 0.594. The highest BCUT2D eigenvalue weighted by Crippen LogP contribution is 2.41. The Hall–Kier alpha value is -6.52. The van der Waals surface area contributed by atoms with Gasteiger partial charge in [0.05, 0.1) is 33.5 Å². The topological polar surface area (TPSA) is 34.0 Å². The van der Waals surface area contributed by atoms with Crippen LogP contribution in [0, 0.1) is 0 Å². The summed E-state index contributed by atoms with van der Waals surface area (Å²) in [6.07, 6.45) is 0. The van der Waals surface area contributed by atoms with E-state index < -0.39 is 0 Å². The molecule has 0 N–H and O–H groups in total. The number of rotatable bonds is 6. The van der Waals surface area contributed by atoms with E-state index in [-0.39, 0.29) is 5.41 Å². The fourth-order valence-electron chi connectivity index (χ4n) is 7.43. The first-order valence-corrected chi connectivity index (χ1v) is 17.8. The fourth-order valence-corrected chi connectivity index (χ4v) is 7.43. The van der Waals surface area contributed by atoms with Crippen LogP contribution in [0.3, 0.4) is 0 Å². The van der Waals surface area contributed by atoms with E-state index in [1.165, 1.54) is 27.4 Å². The zero-order valence-electron chi connectivity index (χ0n) is 29.5. The summed E-state index contributed by atoms with van der Waals surface area (Å²) in [6, 6.07) is 62.2. The van der Waals surface area contributed by atoms with Crippen LogP contribution in [-0.4, -0.2) is 14.5 Å². The van der Waals surface area contributed by atoms with Crippen molar-refractivity contribution in [3.8, 4) is 28.2 Å². The van der Waals surface area contributed by atoms with Gasteiger partial charge in [0, 0.05) is 44.6 Å². The van der Waals surface area contributed by atoms with Crippen LogP contribution in [0.2, 0.25) is 0 Å². The highest BCUT2D eigenvalue weighted by atomic mass is 15.1. The van der Waals surface area contributed by atoms with Gasteiger partial charge in [0.15, 0.2) is 0 Å². The molecule has 0 aliphatic carbocycles. The molecule has 0 aliphatic rings. The minimum atomic E-state index is -0.0751. The van der Waals surface area contributed by atoms with Crippen molar-refractivity contribution in [1.82, 2.24) is 14.5 Å². The SMILES string of the molecule is CC(C)(C)c1cccc2nc(-c3ccccc3)c(-c3ccc(N(c4ccccc4)c4ccc5c(c4)c4ccccc4n5-c4ccccc4)cc3)nc12. The summed E-state index contributed by atoms with van der Waals surface area (Å²) >= 11 is 0. The molecule has 0 saturated heterocycles. The zero-order chi connectivity index (χ0) is 35.2. The number of anilines is 3. The molecule has 0 atom stereocenters. The van der Waals surface area contributed by atoms with E-state index in [2.05, 4.69) is 200 Å². The van der Waals surface area contributed by atoms with E-state index >= 15 is 0 Å². The highest BCUT2D eigenvalue weighted by molar-refractivity contribution is 6.10. The lowest BCUT2D eigenvalue weighted by Gasteiger charge is -2.26. The largest absolute Gasteiger partial charge is 0.310 e. The molecule has 52 heavy (non-hydrogen) atoms. The number of hydrogen-bond donors (Lipinski definition) is 0. The van der Waals surface area contributed by atoms with E-state index in [0.29, 0.717) is 0 Å². The van der Waals surface area contributed by atoms with Crippen LogP contribution >= 0.6 is 0 Å². The first-order valence-electron chi connectivity index (χ1n) is 17.8. The van der Waals surface area contributed by atoms with Gasteiger partial charge < -0.3 is 9.47 Å². The van der Waals surface area contributed by atoms with Gasteiger partial charge in [-0.25, -0.2) is 9.97 Å². The molecular weight excluding hydrogens is 633 g/mol. The molecule has 0 unspecified atom stereocenters. The molecule has 9 rings (SSSR count). The number of fused-ring (bicyclic) bond motifs is 4. The minimum Gasteiger partial charge on any atom is -0.310 e. The van der Waals surface area contributed by atoms with Gasteiger partial charge in [0.1, 0.15) is 0 Å². The predicted octanol–water partition coefficient (Wildman–Crippen LogP) is 12.8. The van der Waals surface area contributed by atoms with Crippen molar-refractivity contribution in [2.24, 2.45) is 0 Å². The van der Waals surface area contributed by atoms with Gasteiger partial charge in [-0.1, -0.05) is 130 Å². The molecule has 0 radical (unpaired) electrons. The Kier molecular flexibility index (Phi) is 7.66. The average molecular weight is 671 g/mol. The molecule has 7 aromatic carbocycles. The van der Waals surface area contributed by atoms with Crippen molar-refractivity contribution in [3.63, 3.8) is 0 Å². The Balaban J connectivity index is 1.20. The molecule has 0 fully saturated rings. The summed E-state index contributed by atoms with van der Waals surface area (Å²) in [5, 5.41) is 2.44. The third kappa shape index (κ3) is 5.50. The third-order valence-corrected chi connectivity index (χ3v) is 9.89. The molecule has 250 valence electrons. The van der Waals surface area contributed by atoms with Crippen LogP contribution in [-0.2, 0) is 5.41 Å². The van der Waals surface area contributed by atoms with Crippen molar-refractivity contribution >= 4 is 49.9 Å². The standard InChI is InChI=1S/C48H38N4/c1-48(2,3)41-23-15-24-42-47(41)50-46(45(49-42)33-16-7-4-8-17-33)34-26-28-37(29-27-34)51(35-18-9-5-10-19-35)38-30-31-44-40(32-38)39-22-13-14-25-43(39)52(44)36-20-11-6-12-21-36/h4-32H,1-3H3. The number of para-hydroxylation sites is 4. The van der Waals surface area contributed by atoms with Crippen LogP contribution < -0.4 is 4.90 Å². The molecule has 0 bridgehead atoms. The lowest BCUT2D eigenvalue weighted by atomic mass is 9.86. The minimum absolute atomic E-state index is 0.0751. The quantitative estimate of drug-likeness (QED) is 0.177. The average Bonchev–Trinajstić information content (AvgIpc) is 3.52. The summed E-state index contributed by atoms with van der Waals surface area (Å²) in [5.74, 6) is 0. The van der Waals surface area contributed by atoms with Crippen LogP contribution in [0.5, 0.6) is 0 Å². The fraction of sp³-hybridized carbons (Fsp3) is 0.0833. The van der Waals surface area contributed by atoms with Crippen LogP contribution in [0.25, 0.3) is 61.0 Å². The summed E-state index contributed by atoms with van der Waals surface area (Å²) in [5.41, 5.74) is 13.6. The molecule has 9 aromatic rings. The van der Waals surface area contributed by atoms with Gasteiger partial charge in [0.2, 0.25) is 0 Å². The second-order valence-electron chi connectivity index (χ2n) is 14.3. The van der Waals surface area contributed by atoms with E-state index in [1.807, 2.05) is 6.07 Å². The van der Waals surface area contributed by atoms with E-state index in [9.17, 15) is 0 Å². The molecule has 0 spiro atoms. The first kappa shape index (κ1) is 31.5. The number of benzene rings is 7. The Bertz CT molecular complexity index is 2690. The molecule has 0 saturated carbocycles. The summed E-state index contributed by atoms with van der Waals surface area (Å²) in [4.78, 5) is 13.0. The maximum absolute atomic E-state index is 5.39. The maximum Gasteiger partial charge on any atom is 0.0973 e. The molecule has 4 nitrogen and oxygen atoms in total. The van der Waals surface area contributed by atoms with Gasteiger partial charge in [-0.15, -0.1) is 0 Å². The van der Waals surface area contributed by atoms with Crippen molar-refractivity contribution in [2.75, 3.05) is 4.90 Å². The van der Waals surface area contributed by atoms with Crippen molar-refractivity contribution in [1.29, 1.82) is 0 Å². The number of nitrogens with zero attached hydrogens (tertiary/aromatic N) is 4. The Morgan fingerprint density at radius 1 is 0.462 bits per heavy atom. The number of hydrogen-bond acceptors (Lipinski definition) is 3. The van der Waals surface area contributed by atoms with Gasteiger partial charge in [0.25, 0.3) is 0 Å². The third-order valence-electron chi connectivity index (χ3n) is 9.89. The van der Waals surface area contributed by atoms with E-state index in [4.69, 9.17) is 9.97 Å². The van der Waals surface area contributed by atoms with Crippen LogP contribution in [0.4, 0.5) is 17.1 Å². The molecule has 4 heteroatoms. The van der Waals surface area contributed by atoms with Crippen molar-refractivity contribution in [2.45, 2.75) is 26.2 Å². The molecule has 0 aliphatic heterocycles. The monoisotopic (exact) mass is 670 g/mol. The number of aromatic nitrogens is 3. The van der Waals surface area contributed by atoms with Crippen molar-refractivity contribution < 1.29 is 0 Å². The summed E-state index contributed by atoms with van der Waals surface area (Å²) < 4.78 is 2.36. The predicted molar refractivity (Wildman–Crippen MR) is 218 cm³/mol. The van der Waals surface area contributed by atoms with Gasteiger partial charge in [-0.05, 0) is 77.7 Å². The summed E-state index contributed by atoms with van der Waals surface area (Å²) in [6.45, 7) is 6.70. The Morgan fingerprint density at radius 3 is 1.77 bits per heavy atom. The van der Waals surface area contributed by atoms with Gasteiger partial charge >= 0.3 is 0 Å². The molecule has 0 amide bonds. The van der Waals surface area contributed by atoms with E-state index in [0.717, 1.165) is 56.3 Å². The van der Waals surface area contributed by atoms with Gasteiger partial charge in [-0.2, -0.15) is 0 Å². The summed E-state index contributed by atoms with van der Waals surface area (Å²) in [7, 11) is 0. The van der Waals surface area contributed by atoms with E-state index in [1.54, 1.807) is 0 Å². The molecule has 2 heterocycles. The zero-order valence-corrected chi connectivity index (χ0v) is 29.5. The Labute approximate surface area is 304 Å². The van der Waals surface area contributed by atoms with Crippen molar-refractivity contribution in [3.05, 3.63) is 181 Å². The Morgan fingerprint density at radius 2 is 1.04 bits per heavy atom. The highest BCUT2D eigenvalue weighted by Gasteiger charge is 2.22. The molecule has 2 aromatic heterocycles. The lowest BCUT2D eigenvalue weighted by Crippen LogP contribution is -2.13. The second-order valence-corrected chi connectivity index (χ2v) is 14.3. The van der Waals surface area contributed by atoms with Gasteiger partial charge in [-0.3, -0.25) is 0 Å². The smallest absolute Gasteiger partial charge is 0.0973 e. The van der Waals surface area contributed by atoms with Crippen LogP contribution in [0.1, 0.15) is 26.3 Å². The molecular formula is C48H38N4. The first-order chi connectivity index (χ1) is 25.4. The second kappa shape index (κ2) is 12.7.